The lowest BCUT2D eigenvalue weighted by molar-refractivity contribution is 1.59. The lowest BCUT2D eigenvalue weighted by atomic mass is 9.81. The van der Waals surface area contributed by atoms with E-state index in [1.165, 1.54) is 110 Å². The summed E-state index contributed by atoms with van der Waals surface area (Å²) in [5, 5.41) is 7.65. The minimum absolute atomic E-state index is 1.21. The highest BCUT2D eigenvalue weighted by Gasteiger charge is 2.21. The molecule has 0 spiro atoms. The van der Waals surface area contributed by atoms with Crippen LogP contribution >= 0.6 is 0 Å². The third-order valence-corrected chi connectivity index (χ3v) is 11.8. The van der Waals surface area contributed by atoms with Gasteiger partial charge < -0.3 is 0 Å². The maximum Gasteiger partial charge on any atom is -0.00139 e. The maximum atomic E-state index is 2.44. The third kappa shape index (κ3) is 5.86. The van der Waals surface area contributed by atoms with Crippen molar-refractivity contribution in [2.75, 3.05) is 0 Å². The molecule has 0 bridgehead atoms. The summed E-state index contributed by atoms with van der Waals surface area (Å²) in [5.41, 5.74) is 17.1. The third-order valence-electron chi connectivity index (χ3n) is 11.8. The molecule has 0 unspecified atom stereocenters. The Morgan fingerprint density at radius 2 is 0.397 bits per heavy atom. The van der Waals surface area contributed by atoms with Crippen molar-refractivity contribution in [1.82, 2.24) is 0 Å². The highest BCUT2D eigenvalue weighted by molar-refractivity contribution is 6.32. The minimum Gasteiger partial charge on any atom is -0.0622 e. The van der Waals surface area contributed by atoms with Crippen LogP contribution in [0.25, 0.3) is 110 Å². The molecule has 11 aromatic carbocycles. The Balaban J connectivity index is 1.24. The van der Waals surface area contributed by atoms with Crippen molar-refractivity contribution in [2.24, 2.45) is 0 Å². The summed E-state index contributed by atoms with van der Waals surface area (Å²) >= 11 is 0. The Bertz CT molecular complexity index is 3130. The van der Waals surface area contributed by atoms with Crippen LogP contribution in [0.1, 0.15) is 0 Å². The van der Waals surface area contributed by atoms with E-state index in [4.69, 9.17) is 0 Å². The van der Waals surface area contributed by atoms with Gasteiger partial charge in [0.25, 0.3) is 0 Å². The molecule has 0 saturated carbocycles. The summed E-state index contributed by atoms with van der Waals surface area (Å²) in [6.07, 6.45) is 0. The highest BCUT2D eigenvalue weighted by atomic mass is 14.2. The fraction of sp³-hybridized carbons (Fsp3) is 0. The van der Waals surface area contributed by atoms with Crippen molar-refractivity contribution in [1.29, 1.82) is 0 Å². The normalized spacial score (nSPS) is 11.4. The van der Waals surface area contributed by atoms with Crippen LogP contribution in [0.15, 0.2) is 231 Å². The summed E-state index contributed by atoms with van der Waals surface area (Å²) < 4.78 is 0. The van der Waals surface area contributed by atoms with E-state index in [2.05, 4.69) is 231 Å². The molecule has 0 fully saturated rings. The van der Waals surface area contributed by atoms with Gasteiger partial charge in [-0.1, -0.05) is 200 Å². The summed E-state index contributed by atoms with van der Waals surface area (Å²) in [4.78, 5) is 0. The first-order valence-corrected chi connectivity index (χ1v) is 20.1. The zero-order chi connectivity index (χ0) is 38.4. The van der Waals surface area contributed by atoms with E-state index >= 15 is 0 Å². The molecule has 0 aliphatic carbocycles. The second-order valence-electron chi connectivity index (χ2n) is 15.2. The predicted octanol–water partition coefficient (Wildman–Crippen LogP) is 16.3. The topological polar surface area (TPSA) is 0 Å². The largest absolute Gasteiger partial charge is 0.0622 e. The SMILES string of the molecule is c1ccc(-c2cccc(-c3cc(-c4ccccc4)c4ccc5c(-c6cccc(-c7ccccc7)c6)cc(-c6cccc(-c7ccccc7)c6)c6ccc3c4c56)c2)cc1. The van der Waals surface area contributed by atoms with Gasteiger partial charge >= 0.3 is 0 Å². The molecule has 0 saturated heterocycles. The summed E-state index contributed by atoms with van der Waals surface area (Å²) in [6, 6.07) is 84.6. The van der Waals surface area contributed by atoms with Crippen molar-refractivity contribution < 1.29 is 0 Å². The van der Waals surface area contributed by atoms with Gasteiger partial charge in [-0.2, -0.15) is 0 Å². The van der Waals surface area contributed by atoms with Crippen molar-refractivity contribution in [3.05, 3.63) is 231 Å². The highest BCUT2D eigenvalue weighted by Crippen LogP contribution is 2.49. The molecule has 58 heavy (non-hydrogen) atoms. The summed E-state index contributed by atoms with van der Waals surface area (Å²) in [7, 11) is 0. The smallest absolute Gasteiger partial charge is 0.00139 e. The monoisotopic (exact) mass is 734 g/mol. The zero-order valence-corrected chi connectivity index (χ0v) is 31.9. The van der Waals surface area contributed by atoms with Crippen LogP contribution in [0.4, 0.5) is 0 Å². The molecule has 0 heteroatoms. The van der Waals surface area contributed by atoms with Gasteiger partial charge in [0.05, 0.1) is 0 Å². The number of benzene rings is 11. The molecule has 0 radical (unpaired) electrons. The molecule has 270 valence electrons. The van der Waals surface area contributed by atoms with Gasteiger partial charge in [0.1, 0.15) is 0 Å². The first-order chi connectivity index (χ1) is 28.8. The average molecular weight is 735 g/mol. The first kappa shape index (κ1) is 33.8. The Labute approximate surface area is 339 Å². The van der Waals surface area contributed by atoms with E-state index in [9.17, 15) is 0 Å². The first-order valence-electron chi connectivity index (χ1n) is 20.1. The van der Waals surface area contributed by atoms with Gasteiger partial charge in [-0.15, -0.1) is 0 Å². The van der Waals surface area contributed by atoms with Crippen LogP contribution in [0.5, 0.6) is 0 Å². The summed E-state index contributed by atoms with van der Waals surface area (Å²) in [6.45, 7) is 0. The van der Waals surface area contributed by atoms with Crippen molar-refractivity contribution in [3.8, 4) is 77.9 Å². The average Bonchev–Trinajstić information content (AvgIpc) is 3.31. The van der Waals surface area contributed by atoms with Gasteiger partial charge in [-0.25, -0.2) is 0 Å². The van der Waals surface area contributed by atoms with Crippen LogP contribution in [-0.2, 0) is 0 Å². The second-order valence-corrected chi connectivity index (χ2v) is 15.2. The number of rotatable bonds is 7. The molecule has 0 amide bonds. The number of hydrogen-bond donors (Lipinski definition) is 0. The van der Waals surface area contributed by atoms with E-state index in [1.54, 1.807) is 0 Å². The van der Waals surface area contributed by atoms with Gasteiger partial charge in [-0.3, -0.25) is 0 Å². The molecule has 11 rings (SSSR count). The second kappa shape index (κ2) is 14.2. The molecule has 0 aromatic heterocycles. The van der Waals surface area contributed by atoms with Crippen LogP contribution in [0, 0.1) is 0 Å². The molecule has 0 aliphatic rings. The van der Waals surface area contributed by atoms with Gasteiger partial charge in [0.15, 0.2) is 0 Å². The molecular weight excluding hydrogens is 697 g/mol. The van der Waals surface area contributed by atoms with E-state index in [0.29, 0.717) is 0 Å². The van der Waals surface area contributed by atoms with E-state index in [0.717, 1.165) is 0 Å². The minimum atomic E-state index is 1.21. The quantitative estimate of drug-likeness (QED) is 0.143. The van der Waals surface area contributed by atoms with Gasteiger partial charge in [0, 0.05) is 0 Å². The lowest BCUT2D eigenvalue weighted by Crippen LogP contribution is -1.95. The van der Waals surface area contributed by atoms with Crippen LogP contribution < -0.4 is 0 Å². The fourth-order valence-electron chi connectivity index (χ4n) is 9.06. The molecular formula is C58H38. The van der Waals surface area contributed by atoms with Gasteiger partial charge in [-0.05, 0) is 141 Å². The van der Waals surface area contributed by atoms with Crippen LogP contribution in [-0.4, -0.2) is 0 Å². The zero-order valence-electron chi connectivity index (χ0n) is 31.9. The van der Waals surface area contributed by atoms with Crippen molar-refractivity contribution in [3.63, 3.8) is 0 Å². The predicted molar refractivity (Wildman–Crippen MR) is 248 cm³/mol. The van der Waals surface area contributed by atoms with E-state index < -0.39 is 0 Å². The Hall–Kier alpha value is -7.54. The molecule has 0 N–H and O–H groups in total. The standard InChI is InChI=1S/C58H38/c1-5-16-39(17-6-1)43-24-13-27-46(34-43)54-37-53(42-22-11-4-12-23-42)49-30-31-51-55(47-28-14-25-44(35-47)40-18-7-2-8-19-40)38-56(52-33-32-50(54)57(49)58(51)52)48-29-15-26-45(36-48)41-20-9-3-10-21-41/h1-38H. The van der Waals surface area contributed by atoms with E-state index in [1.807, 2.05) is 0 Å². The Morgan fingerprint density at radius 1 is 0.155 bits per heavy atom. The molecule has 0 nitrogen and oxygen atoms in total. The number of hydrogen-bond acceptors (Lipinski definition) is 0. The van der Waals surface area contributed by atoms with Crippen molar-refractivity contribution in [2.45, 2.75) is 0 Å². The molecule has 0 heterocycles. The molecule has 0 aliphatic heterocycles. The Kier molecular flexibility index (Phi) is 8.26. The fourth-order valence-corrected chi connectivity index (χ4v) is 9.06. The maximum absolute atomic E-state index is 2.44. The molecule has 0 atom stereocenters. The Morgan fingerprint density at radius 3 is 0.707 bits per heavy atom. The molecule has 11 aromatic rings. The van der Waals surface area contributed by atoms with Gasteiger partial charge in [0.2, 0.25) is 0 Å². The lowest BCUT2D eigenvalue weighted by Gasteiger charge is -2.22. The van der Waals surface area contributed by atoms with Crippen LogP contribution in [0.3, 0.4) is 0 Å². The van der Waals surface area contributed by atoms with E-state index in [-0.39, 0.29) is 0 Å². The summed E-state index contributed by atoms with van der Waals surface area (Å²) in [5.74, 6) is 0. The van der Waals surface area contributed by atoms with Crippen molar-refractivity contribution >= 4 is 32.3 Å². The van der Waals surface area contributed by atoms with Crippen LogP contribution in [0.2, 0.25) is 0 Å².